The SMILES string of the molecule is CCOC(=O)c1cc2c(Br)c[nH]c(=O)c2n1COCC[Si](C)(C)C. The van der Waals surface area contributed by atoms with Crippen LogP contribution in [-0.2, 0) is 16.2 Å². The lowest BCUT2D eigenvalue weighted by Crippen LogP contribution is -2.23. The van der Waals surface area contributed by atoms with Crippen molar-refractivity contribution >= 4 is 40.9 Å². The predicted molar refractivity (Wildman–Crippen MR) is 100 cm³/mol. The number of carbonyl (C=O) groups is 1. The van der Waals surface area contributed by atoms with Crippen molar-refractivity contribution in [1.82, 2.24) is 9.55 Å². The zero-order valence-electron chi connectivity index (χ0n) is 14.4. The number of aromatic nitrogens is 2. The summed E-state index contributed by atoms with van der Waals surface area (Å²) in [6.45, 7) is 9.57. The van der Waals surface area contributed by atoms with E-state index in [0.29, 0.717) is 27.7 Å². The fourth-order valence-electron chi connectivity index (χ4n) is 2.29. The highest BCUT2D eigenvalue weighted by molar-refractivity contribution is 9.10. The van der Waals surface area contributed by atoms with Gasteiger partial charge in [-0.25, -0.2) is 4.79 Å². The molecule has 0 atom stereocenters. The Balaban J connectivity index is 2.37. The molecule has 0 saturated heterocycles. The van der Waals surface area contributed by atoms with Crippen LogP contribution in [0, 0.1) is 0 Å². The Morgan fingerprint density at radius 3 is 2.71 bits per heavy atom. The van der Waals surface area contributed by atoms with Crippen LogP contribution in [0.25, 0.3) is 10.9 Å². The number of pyridine rings is 1. The van der Waals surface area contributed by atoms with Crippen molar-refractivity contribution in [3.05, 3.63) is 32.8 Å². The molecule has 0 saturated carbocycles. The van der Waals surface area contributed by atoms with E-state index < -0.39 is 14.0 Å². The van der Waals surface area contributed by atoms with Crippen LogP contribution in [0.15, 0.2) is 21.5 Å². The molecule has 0 amide bonds. The summed E-state index contributed by atoms with van der Waals surface area (Å²) in [5.41, 5.74) is 0.454. The monoisotopic (exact) mass is 414 g/mol. The maximum Gasteiger partial charge on any atom is 0.355 e. The molecule has 8 heteroatoms. The number of rotatable bonds is 7. The molecule has 0 aliphatic heterocycles. The summed E-state index contributed by atoms with van der Waals surface area (Å²) in [6.07, 6.45) is 1.57. The molecule has 0 bridgehead atoms. The van der Waals surface area contributed by atoms with Gasteiger partial charge in [0, 0.05) is 30.7 Å². The van der Waals surface area contributed by atoms with Crippen LogP contribution in [-0.4, -0.2) is 36.8 Å². The number of hydrogen-bond acceptors (Lipinski definition) is 4. The van der Waals surface area contributed by atoms with Crippen LogP contribution in [0.2, 0.25) is 25.7 Å². The summed E-state index contributed by atoms with van der Waals surface area (Å²) in [5.74, 6) is -0.464. The number of esters is 1. The fraction of sp³-hybridized carbons (Fsp3) is 0.500. The van der Waals surface area contributed by atoms with Crippen molar-refractivity contribution < 1.29 is 14.3 Å². The molecule has 0 fully saturated rings. The summed E-state index contributed by atoms with van der Waals surface area (Å²) in [4.78, 5) is 27.1. The fourth-order valence-corrected chi connectivity index (χ4v) is 3.47. The lowest BCUT2D eigenvalue weighted by Gasteiger charge is -2.16. The smallest absolute Gasteiger partial charge is 0.355 e. The van der Waals surface area contributed by atoms with Crippen LogP contribution in [0.4, 0.5) is 0 Å². The number of aromatic amines is 1. The van der Waals surface area contributed by atoms with Crippen molar-refractivity contribution in [3.8, 4) is 0 Å². The molecule has 1 N–H and O–H groups in total. The molecule has 24 heavy (non-hydrogen) atoms. The molecule has 0 aliphatic rings. The van der Waals surface area contributed by atoms with E-state index in [2.05, 4.69) is 40.6 Å². The van der Waals surface area contributed by atoms with E-state index in [1.807, 2.05) is 0 Å². The molecule has 2 aromatic rings. The molecule has 2 heterocycles. The second-order valence-electron chi connectivity index (χ2n) is 6.75. The quantitative estimate of drug-likeness (QED) is 0.426. The van der Waals surface area contributed by atoms with Gasteiger partial charge in [0.25, 0.3) is 5.56 Å². The maximum atomic E-state index is 12.2. The van der Waals surface area contributed by atoms with E-state index in [4.69, 9.17) is 9.47 Å². The first-order chi connectivity index (χ1) is 11.2. The third-order valence-electron chi connectivity index (χ3n) is 3.60. The van der Waals surface area contributed by atoms with Gasteiger partial charge in [0.05, 0.1) is 6.61 Å². The number of halogens is 1. The molecule has 0 spiro atoms. The maximum absolute atomic E-state index is 12.2. The first-order valence-electron chi connectivity index (χ1n) is 7.90. The Morgan fingerprint density at radius 1 is 1.38 bits per heavy atom. The van der Waals surface area contributed by atoms with Gasteiger partial charge in [-0.3, -0.25) is 4.79 Å². The lowest BCUT2D eigenvalue weighted by atomic mass is 10.3. The van der Waals surface area contributed by atoms with Crippen LogP contribution in [0.3, 0.4) is 0 Å². The van der Waals surface area contributed by atoms with Gasteiger partial charge in [-0.2, -0.15) is 0 Å². The summed E-state index contributed by atoms with van der Waals surface area (Å²) < 4.78 is 13.1. The molecule has 0 radical (unpaired) electrons. The molecular formula is C16H23BrN2O4Si. The van der Waals surface area contributed by atoms with E-state index in [1.165, 1.54) is 0 Å². The van der Waals surface area contributed by atoms with Crippen LogP contribution >= 0.6 is 15.9 Å². The number of hydrogen-bond donors (Lipinski definition) is 1. The zero-order chi connectivity index (χ0) is 17.9. The van der Waals surface area contributed by atoms with E-state index >= 15 is 0 Å². The van der Waals surface area contributed by atoms with Crippen molar-refractivity contribution in [1.29, 1.82) is 0 Å². The largest absolute Gasteiger partial charge is 0.461 e. The van der Waals surface area contributed by atoms with Crippen molar-refractivity contribution in [2.24, 2.45) is 0 Å². The zero-order valence-corrected chi connectivity index (χ0v) is 17.0. The summed E-state index contributed by atoms with van der Waals surface area (Å²) >= 11 is 3.40. The minimum absolute atomic E-state index is 0.141. The molecule has 2 rings (SSSR count). The molecule has 0 aromatic carbocycles. The first kappa shape index (κ1) is 18.9. The Morgan fingerprint density at radius 2 is 2.08 bits per heavy atom. The van der Waals surface area contributed by atoms with E-state index in [1.54, 1.807) is 23.8 Å². The molecular weight excluding hydrogens is 392 g/mol. The Bertz CT molecular complexity index is 792. The van der Waals surface area contributed by atoms with Crippen LogP contribution in [0.5, 0.6) is 0 Å². The minimum atomic E-state index is -1.20. The predicted octanol–water partition coefficient (Wildman–Crippen LogP) is 3.58. The van der Waals surface area contributed by atoms with Crippen molar-refractivity contribution in [2.45, 2.75) is 39.3 Å². The molecule has 2 aromatic heterocycles. The van der Waals surface area contributed by atoms with Gasteiger partial charge in [-0.15, -0.1) is 0 Å². The van der Waals surface area contributed by atoms with Gasteiger partial charge in [0.2, 0.25) is 0 Å². The molecule has 6 nitrogen and oxygen atoms in total. The number of nitrogens with zero attached hydrogens (tertiary/aromatic N) is 1. The van der Waals surface area contributed by atoms with Gasteiger partial charge < -0.3 is 19.0 Å². The van der Waals surface area contributed by atoms with Gasteiger partial charge in [0.15, 0.2) is 0 Å². The van der Waals surface area contributed by atoms with E-state index in [0.717, 1.165) is 6.04 Å². The summed E-state index contributed by atoms with van der Waals surface area (Å²) in [5, 5.41) is 0.663. The number of H-pyrrole nitrogens is 1. The summed E-state index contributed by atoms with van der Waals surface area (Å²) in [6, 6.07) is 2.68. The highest BCUT2D eigenvalue weighted by Gasteiger charge is 2.20. The van der Waals surface area contributed by atoms with Crippen LogP contribution in [0.1, 0.15) is 17.4 Å². The van der Waals surface area contributed by atoms with Gasteiger partial charge >= 0.3 is 5.97 Å². The molecule has 0 unspecified atom stereocenters. The van der Waals surface area contributed by atoms with Crippen molar-refractivity contribution in [3.63, 3.8) is 0 Å². The molecule has 0 aliphatic carbocycles. The average Bonchev–Trinajstić information content (AvgIpc) is 2.88. The third kappa shape index (κ3) is 4.37. The number of nitrogens with one attached hydrogen (secondary N) is 1. The van der Waals surface area contributed by atoms with E-state index in [9.17, 15) is 9.59 Å². The molecule has 132 valence electrons. The summed E-state index contributed by atoms with van der Waals surface area (Å²) in [7, 11) is -1.20. The first-order valence-corrected chi connectivity index (χ1v) is 12.4. The highest BCUT2D eigenvalue weighted by Crippen LogP contribution is 2.25. The minimum Gasteiger partial charge on any atom is -0.461 e. The van der Waals surface area contributed by atoms with E-state index in [-0.39, 0.29) is 18.9 Å². The normalized spacial score (nSPS) is 11.9. The van der Waals surface area contributed by atoms with Gasteiger partial charge in [-0.05, 0) is 35.0 Å². The highest BCUT2D eigenvalue weighted by atomic mass is 79.9. The Hall–Kier alpha value is -1.38. The number of carbonyl (C=O) groups excluding carboxylic acids is 1. The standard InChI is InChI=1S/C16H23BrN2O4Si/c1-5-23-16(21)13-8-11-12(17)9-18-15(20)14(11)19(13)10-22-6-7-24(2,3)4/h8-9H,5-7,10H2,1-4H3,(H,18,20). The average molecular weight is 415 g/mol. The Labute approximate surface area is 150 Å². The lowest BCUT2D eigenvalue weighted by molar-refractivity contribution is 0.0477. The van der Waals surface area contributed by atoms with Crippen molar-refractivity contribution in [2.75, 3.05) is 13.2 Å². The van der Waals surface area contributed by atoms with Gasteiger partial charge in [0.1, 0.15) is 17.9 Å². The van der Waals surface area contributed by atoms with Gasteiger partial charge in [-0.1, -0.05) is 19.6 Å². The second kappa shape index (κ2) is 7.67. The Kier molecular flexibility index (Phi) is 6.05. The topological polar surface area (TPSA) is 73.3 Å². The third-order valence-corrected chi connectivity index (χ3v) is 5.96. The van der Waals surface area contributed by atoms with Crippen LogP contribution < -0.4 is 5.56 Å². The number of fused-ring (bicyclic) bond motifs is 1. The number of ether oxygens (including phenoxy) is 2. The second-order valence-corrected chi connectivity index (χ2v) is 13.2.